The minimum absolute atomic E-state index is 0.700. The number of nitrogens with zero attached hydrogens (tertiary/aromatic N) is 4. The number of halogens is 1. The molecule has 3 aromatic rings. The highest BCUT2D eigenvalue weighted by Crippen LogP contribution is 2.30. The maximum absolute atomic E-state index is 10.9. The number of amides is 1. The third-order valence-corrected chi connectivity index (χ3v) is 4.93. The van der Waals surface area contributed by atoms with Gasteiger partial charge in [-0.15, -0.1) is 0 Å². The molecule has 0 bridgehead atoms. The van der Waals surface area contributed by atoms with E-state index >= 15 is 0 Å². The van der Waals surface area contributed by atoms with Gasteiger partial charge in [0.15, 0.2) is 0 Å². The van der Waals surface area contributed by atoms with Gasteiger partial charge in [0, 0.05) is 41.6 Å². The molecule has 5 nitrogen and oxygen atoms in total. The van der Waals surface area contributed by atoms with E-state index in [0.717, 1.165) is 52.1 Å². The van der Waals surface area contributed by atoms with Gasteiger partial charge in [-0.2, -0.15) is 0 Å². The SMILES string of the molecule is O=CN1CCN(c2nc(-c3ccccc3)c3cc(Br)ccc3n2)CC1. The van der Waals surface area contributed by atoms with Gasteiger partial charge in [0.05, 0.1) is 11.2 Å². The summed E-state index contributed by atoms with van der Waals surface area (Å²) in [5.74, 6) is 0.722. The maximum Gasteiger partial charge on any atom is 0.226 e. The lowest BCUT2D eigenvalue weighted by molar-refractivity contribution is -0.118. The van der Waals surface area contributed by atoms with Gasteiger partial charge in [-0.05, 0) is 18.2 Å². The fourth-order valence-corrected chi connectivity index (χ4v) is 3.43. The molecule has 126 valence electrons. The average Bonchev–Trinajstić information content (AvgIpc) is 2.68. The summed E-state index contributed by atoms with van der Waals surface area (Å²) in [5, 5.41) is 1.02. The highest BCUT2D eigenvalue weighted by atomic mass is 79.9. The van der Waals surface area contributed by atoms with Crippen LogP contribution in [0.2, 0.25) is 0 Å². The zero-order valence-electron chi connectivity index (χ0n) is 13.6. The fraction of sp³-hybridized carbons (Fsp3) is 0.211. The van der Waals surface area contributed by atoms with Crippen LogP contribution in [-0.4, -0.2) is 47.5 Å². The number of aromatic nitrogens is 2. The number of anilines is 1. The molecule has 1 aromatic heterocycles. The summed E-state index contributed by atoms with van der Waals surface area (Å²) in [6.45, 7) is 2.89. The number of benzene rings is 2. The highest BCUT2D eigenvalue weighted by molar-refractivity contribution is 9.10. The zero-order chi connectivity index (χ0) is 17.2. The van der Waals surface area contributed by atoms with E-state index in [1.54, 1.807) is 4.90 Å². The molecule has 0 unspecified atom stereocenters. The van der Waals surface area contributed by atoms with Crippen LogP contribution in [0.15, 0.2) is 53.0 Å². The van der Waals surface area contributed by atoms with E-state index in [4.69, 9.17) is 9.97 Å². The van der Waals surface area contributed by atoms with E-state index in [9.17, 15) is 4.79 Å². The molecule has 0 radical (unpaired) electrons. The lowest BCUT2D eigenvalue weighted by Crippen LogP contribution is -2.46. The van der Waals surface area contributed by atoms with Crippen LogP contribution in [0.25, 0.3) is 22.2 Å². The molecule has 2 heterocycles. The number of carbonyl (C=O) groups is 1. The molecular weight excluding hydrogens is 380 g/mol. The lowest BCUT2D eigenvalue weighted by Gasteiger charge is -2.32. The van der Waals surface area contributed by atoms with Crippen LogP contribution in [0.5, 0.6) is 0 Å². The first kappa shape index (κ1) is 16.0. The van der Waals surface area contributed by atoms with Crippen molar-refractivity contribution in [3.05, 3.63) is 53.0 Å². The Bertz CT molecular complexity index is 908. The fourth-order valence-electron chi connectivity index (χ4n) is 3.07. The maximum atomic E-state index is 10.9. The molecule has 0 atom stereocenters. The molecule has 1 saturated heterocycles. The first-order valence-corrected chi connectivity index (χ1v) is 9.01. The van der Waals surface area contributed by atoms with Gasteiger partial charge in [0.1, 0.15) is 0 Å². The van der Waals surface area contributed by atoms with Crippen molar-refractivity contribution in [2.75, 3.05) is 31.1 Å². The second kappa shape index (κ2) is 6.80. The van der Waals surface area contributed by atoms with E-state index in [1.165, 1.54) is 0 Å². The minimum atomic E-state index is 0.700. The van der Waals surface area contributed by atoms with E-state index in [0.29, 0.717) is 13.1 Å². The Kier molecular flexibility index (Phi) is 4.36. The van der Waals surface area contributed by atoms with Gasteiger partial charge in [-0.3, -0.25) is 4.79 Å². The normalized spacial score (nSPS) is 14.8. The smallest absolute Gasteiger partial charge is 0.226 e. The number of hydrogen-bond donors (Lipinski definition) is 0. The summed E-state index contributed by atoms with van der Waals surface area (Å²) in [6, 6.07) is 16.2. The first-order valence-electron chi connectivity index (χ1n) is 8.21. The molecule has 25 heavy (non-hydrogen) atoms. The highest BCUT2D eigenvalue weighted by Gasteiger charge is 2.20. The Labute approximate surface area is 154 Å². The predicted molar refractivity (Wildman–Crippen MR) is 103 cm³/mol. The number of hydrogen-bond acceptors (Lipinski definition) is 4. The zero-order valence-corrected chi connectivity index (χ0v) is 15.2. The largest absolute Gasteiger partial charge is 0.342 e. The van der Waals surface area contributed by atoms with E-state index in [2.05, 4.69) is 39.0 Å². The first-order chi connectivity index (χ1) is 12.2. The molecule has 4 rings (SSSR count). The van der Waals surface area contributed by atoms with Gasteiger partial charge < -0.3 is 9.80 Å². The summed E-state index contributed by atoms with van der Waals surface area (Å²) in [4.78, 5) is 24.5. The summed E-state index contributed by atoms with van der Waals surface area (Å²) in [7, 11) is 0. The van der Waals surface area contributed by atoms with E-state index in [-0.39, 0.29) is 0 Å². The van der Waals surface area contributed by atoms with Crippen LogP contribution in [0.1, 0.15) is 0 Å². The van der Waals surface area contributed by atoms with Crippen LogP contribution in [0.3, 0.4) is 0 Å². The molecule has 0 spiro atoms. The Morgan fingerprint density at radius 1 is 0.960 bits per heavy atom. The van der Waals surface area contributed by atoms with Gasteiger partial charge in [-0.1, -0.05) is 46.3 Å². The number of carbonyl (C=O) groups excluding carboxylic acids is 1. The minimum Gasteiger partial charge on any atom is -0.342 e. The van der Waals surface area contributed by atoms with Crippen molar-refractivity contribution >= 4 is 39.2 Å². The molecule has 1 fully saturated rings. The van der Waals surface area contributed by atoms with Gasteiger partial charge in [-0.25, -0.2) is 9.97 Å². The van der Waals surface area contributed by atoms with Crippen LogP contribution in [-0.2, 0) is 4.79 Å². The number of fused-ring (bicyclic) bond motifs is 1. The number of piperazine rings is 1. The number of rotatable bonds is 3. The molecule has 0 saturated carbocycles. The Morgan fingerprint density at radius 3 is 2.44 bits per heavy atom. The Balaban J connectivity index is 1.82. The Hall–Kier alpha value is -2.47. The van der Waals surface area contributed by atoms with Crippen molar-refractivity contribution in [1.29, 1.82) is 0 Å². The molecule has 6 heteroatoms. The molecule has 2 aromatic carbocycles. The topological polar surface area (TPSA) is 49.3 Å². The van der Waals surface area contributed by atoms with Crippen LogP contribution in [0.4, 0.5) is 5.95 Å². The third-order valence-electron chi connectivity index (χ3n) is 4.44. The molecular formula is C19H17BrN4O. The lowest BCUT2D eigenvalue weighted by atomic mass is 10.1. The van der Waals surface area contributed by atoms with Crippen LogP contribution >= 0.6 is 15.9 Å². The molecule has 0 N–H and O–H groups in total. The quantitative estimate of drug-likeness (QED) is 0.637. The third kappa shape index (κ3) is 3.22. The Morgan fingerprint density at radius 2 is 1.72 bits per heavy atom. The van der Waals surface area contributed by atoms with Crippen molar-refractivity contribution < 1.29 is 4.79 Å². The van der Waals surface area contributed by atoms with E-state index < -0.39 is 0 Å². The van der Waals surface area contributed by atoms with Gasteiger partial charge in [0.2, 0.25) is 12.4 Å². The second-order valence-corrected chi connectivity index (χ2v) is 6.94. The molecule has 1 aliphatic rings. The van der Waals surface area contributed by atoms with Crippen molar-refractivity contribution in [3.8, 4) is 11.3 Å². The van der Waals surface area contributed by atoms with E-state index in [1.807, 2.05) is 30.3 Å². The summed E-state index contributed by atoms with van der Waals surface area (Å²) in [5.41, 5.74) is 2.92. The van der Waals surface area contributed by atoms with Gasteiger partial charge >= 0.3 is 0 Å². The standard InChI is InChI=1S/C19H17BrN4O/c20-15-6-7-17-16(12-15)18(14-4-2-1-3-5-14)22-19(21-17)24-10-8-23(13-25)9-11-24/h1-7,12-13H,8-11H2. The van der Waals surface area contributed by atoms with Crippen LogP contribution in [0, 0.1) is 0 Å². The average molecular weight is 397 g/mol. The van der Waals surface area contributed by atoms with Crippen molar-refractivity contribution in [3.63, 3.8) is 0 Å². The predicted octanol–water partition coefficient (Wildman–Crippen LogP) is 3.34. The molecule has 0 aliphatic carbocycles. The molecule has 1 amide bonds. The summed E-state index contributed by atoms with van der Waals surface area (Å²) < 4.78 is 1.01. The summed E-state index contributed by atoms with van der Waals surface area (Å²) in [6.07, 6.45) is 0.908. The van der Waals surface area contributed by atoms with Crippen molar-refractivity contribution in [1.82, 2.24) is 14.9 Å². The van der Waals surface area contributed by atoms with Gasteiger partial charge in [0.25, 0.3) is 0 Å². The summed E-state index contributed by atoms with van der Waals surface area (Å²) >= 11 is 3.54. The van der Waals surface area contributed by atoms with Crippen molar-refractivity contribution in [2.45, 2.75) is 0 Å². The second-order valence-electron chi connectivity index (χ2n) is 6.03. The van der Waals surface area contributed by atoms with Crippen molar-refractivity contribution in [2.24, 2.45) is 0 Å². The monoisotopic (exact) mass is 396 g/mol. The molecule has 1 aliphatic heterocycles. The van der Waals surface area contributed by atoms with Crippen LogP contribution < -0.4 is 4.90 Å².